The summed E-state index contributed by atoms with van der Waals surface area (Å²) in [5.41, 5.74) is -3.01. The molecule has 0 nitrogen and oxygen atoms in total. The topological polar surface area (TPSA) is 0 Å². The number of benzene rings is 1. The zero-order chi connectivity index (χ0) is 24.0. The van der Waals surface area contributed by atoms with Crippen LogP contribution in [0.4, 0.5) is 26.3 Å². The van der Waals surface area contributed by atoms with Crippen LogP contribution in [0.1, 0.15) is 59.6 Å². The van der Waals surface area contributed by atoms with Crippen LogP contribution in [0.2, 0.25) is 0 Å². The quantitative estimate of drug-likeness (QED) is 0.298. The van der Waals surface area contributed by atoms with Crippen molar-refractivity contribution in [3.05, 3.63) is 52.9 Å². The van der Waals surface area contributed by atoms with Gasteiger partial charge in [-0.05, 0) is 32.7 Å². The molecule has 0 aliphatic heterocycles. The Balaban J connectivity index is 2.47. The number of hydrogen-bond acceptors (Lipinski definition) is 0. The Kier molecular flexibility index (Phi) is 7.51. The molecule has 0 radical (unpaired) electrons. The molecule has 3 unspecified atom stereocenters. The van der Waals surface area contributed by atoms with Crippen LogP contribution in [-0.4, -0.2) is 16.0 Å². The lowest BCUT2D eigenvalue weighted by Gasteiger charge is -2.47. The molecule has 1 aromatic carbocycles. The minimum atomic E-state index is -5.08. The van der Waals surface area contributed by atoms with Crippen LogP contribution in [0.15, 0.2) is 41.7 Å². The fourth-order valence-corrected chi connectivity index (χ4v) is 11.5. The SMILES string of the molecule is CC(C1C=CC=C1Pc1cccc(C(F)(F)F)c1C(F)(F)F)P(C(C)(C)C)C(C)(C)C. The van der Waals surface area contributed by atoms with Gasteiger partial charge in [0.1, 0.15) is 0 Å². The van der Waals surface area contributed by atoms with Crippen molar-refractivity contribution in [2.45, 2.75) is 76.8 Å². The van der Waals surface area contributed by atoms with Gasteiger partial charge in [0.2, 0.25) is 0 Å². The standard InChI is InChI=1S/C23H30F6P2/c1-14(31(20(2,3)4)21(5,6)7)15-10-8-12-17(15)30-18-13-9-11-16(22(24,25)26)19(18)23(27,28)29/h8-15,30H,1-7H3. The third kappa shape index (κ3) is 6.14. The molecule has 0 bridgehead atoms. The van der Waals surface area contributed by atoms with Crippen molar-refractivity contribution in [1.82, 2.24) is 0 Å². The summed E-state index contributed by atoms with van der Waals surface area (Å²) in [6.07, 6.45) is -4.55. The molecule has 0 saturated carbocycles. The van der Waals surface area contributed by atoms with Crippen molar-refractivity contribution in [2.75, 3.05) is 0 Å². The molecule has 0 amide bonds. The van der Waals surface area contributed by atoms with E-state index < -0.39 is 40.0 Å². The van der Waals surface area contributed by atoms with Gasteiger partial charge in [-0.3, -0.25) is 0 Å². The van der Waals surface area contributed by atoms with Gasteiger partial charge in [0.15, 0.2) is 0 Å². The van der Waals surface area contributed by atoms with Crippen molar-refractivity contribution in [3.63, 3.8) is 0 Å². The van der Waals surface area contributed by atoms with Crippen LogP contribution >= 0.6 is 16.5 Å². The van der Waals surface area contributed by atoms with Crippen molar-refractivity contribution in [1.29, 1.82) is 0 Å². The van der Waals surface area contributed by atoms with Crippen molar-refractivity contribution >= 4 is 21.8 Å². The average Bonchev–Trinajstić information content (AvgIpc) is 2.98. The molecule has 0 spiro atoms. The highest BCUT2D eigenvalue weighted by Crippen LogP contribution is 2.65. The summed E-state index contributed by atoms with van der Waals surface area (Å²) in [7, 11) is -1.03. The Morgan fingerprint density at radius 1 is 0.871 bits per heavy atom. The lowest BCUT2D eigenvalue weighted by atomic mass is 10.1. The van der Waals surface area contributed by atoms with Gasteiger partial charge in [-0.25, -0.2) is 0 Å². The second-order valence-electron chi connectivity index (χ2n) is 9.83. The first-order valence-corrected chi connectivity index (χ1v) is 12.5. The van der Waals surface area contributed by atoms with Gasteiger partial charge in [-0.2, -0.15) is 26.3 Å². The molecule has 174 valence electrons. The van der Waals surface area contributed by atoms with Crippen molar-refractivity contribution in [3.8, 4) is 0 Å². The largest absolute Gasteiger partial charge is 0.417 e. The molecule has 1 aliphatic carbocycles. The van der Waals surface area contributed by atoms with E-state index in [1.807, 2.05) is 12.2 Å². The number of allylic oxidation sites excluding steroid dienone is 4. The molecule has 0 N–H and O–H groups in total. The molecule has 2 rings (SSSR count). The molecular formula is C23H30F6P2. The van der Waals surface area contributed by atoms with Gasteiger partial charge in [0, 0.05) is 5.92 Å². The smallest absolute Gasteiger partial charge is 0.166 e. The minimum Gasteiger partial charge on any atom is -0.166 e. The van der Waals surface area contributed by atoms with Crippen molar-refractivity contribution < 1.29 is 26.3 Å². The molecule has 8 heteroatoms. The molecule has 0 fully saturated rings. The van der Waals surface area contributed by atoms with Gasteiger partial charge in [0.05, 0.1) is 11.1 Å². The first-order valence-electron chi connectivity index (χ1n) is 10.1. The van der Waals surface area contributed by atoms with Crippen LogP contribution in [0, 0.1) is 5.92 Å². The van der Waals surface area contributed by atoms with Gasteiger partial charge in [-0.1, -0.05) is 95.3 Å². The van der Waals surface area contributed by atoms with E-state index >= 15 is 0 Å². The van der Waals surface area contributed by atoms with E-state index in [9.17, 15) is 26.3 Å². The Hall–Kier alpha value is -0.860. The second-order valence-corrected chi connectivity index (χ2v) is 15.4. The third-order valence-electron chi connectivity index (χ3n) is 5.26. The lowest BCUT2D eigenvalue weighted by Crippen LogP contribution is -2.33. The normalized spacial score (nSPS) is 19.5. The Morgan fingerprint density at radius 3 is 1.87 bits per heavy atom. The molecule has 0 heterocycles. The van der Waals surface area contributed by atoms with Gasteiger partial charge >= 0.3 is 12.4 Å². The lowest BCUT2D eigenvalue weighted by molar-refractivity contribution is -0.161. The summed E-state index contributed by atoms with van der Waals surface area (Å²) < 4.78 is 81.0. The summed E-state index contributed by atoms with van der Waals surface area (Å²) in [4.78, 5) is 0. The summed E-state index contributed by atoms with van der Waals surface area (Å²) in [5, 5.41) is 0.499. The minimum absolute atomic E-state index is 0.0188. The number of halogens is 6. The summed E-state index contributed by atoms with van der Waals surface area (Å²) >= 11 is 0. The Morgan fingerprint density at radius 2 is 1.42 bits per heavy atom. The Labute approximate surface area is 184 Å². The first kappa shape index (κ1) is 26.4. The van der Waals surface area contributed by atoms with Crippen LogP contribution < -0.4 is 5.30 Å². The van der Waals surface area contributed by atoms with E-state index in [0.29, 0.717) is 6.07 Å². The van der Waals surface area contributed by atoms with E-state index in [2.05, 4.69) is 48.5 Å². The predicted octanol–water partition coefficient (Wildman–Crippen LogP) is 8.57. The number of hydrogen-bond donors (Lipinski definition) is 0. The third-order valence-corrected chi connectivity index (χ3v) is 10.8. The molecule has 1 aromatic rings. The second kappa shape index (κ2) is 8.82. The van der Waals surface area contributed by atoms with E-state index in [1.54, 1.807) is 6.08 Å². The maximum atomic E-state index is 13.7. The number of alkyl halides is 6. The molecule has 3 atom stereocenters. The highest BCUT2D eigenvalue weighted by atomic mass is 31.1. The average molecular weight is 482 g/mol. The van der Waals surface area contributed by atoms with Crippen LogP contribution in [-0.2, 0) is 12.4 Å². The first-order chi connectivity index (χ1) is 13.8. The maximum absolute atomic E-state index is 13.7. The molecule has 31 heavy (non-hydrogen) atoms. The van der Waals surface area contributed by atoms with Crippen LogP contribution in [0.25, 0.3) is 0 Å². The molecular weight excluding hydrogens is 452 g/mol. The fraction of sp³-hybridized carbons (Fsp3) is 0.565. The van der Waals surface area contributed by atoms with Crippen LogP contribution in [0.3, 0.4) is 0 Å². The summed E-state index contributed by atoms with van der Waals surface area (Å²) in [6.45, 7) is 15.2. The monoisotopic (exact) mass is 482 g/mol. The highest BCUT2D eigenvalue weighted by molar-refractivity contribution is 7.61. The molecule has 1 aliphatic rings. The fourth-order valence-electron chi connectivity index (χ4n) is 4.78. The summed E-state index contributed by atoms with van der Waals surface area (Å²) in [5.74, 6) is -0.0847. The Bertz CT molecular complexity index is 837. The maximum Gasteiger partial charge on any atom is 0.417 e. The van der Waals surface area contributed by atoms with E-state index in [4.69, 9.17) is 0 Å². The van der Waals surface area contributed by atoms with Crippen LogP contribution in [0.5, 0.6) is 0 Å². The zero-order valence-electron chi connectivity index (χ0n) is 18.8. The number of rotatable bonds is 4. The predicted molar refractivity (Wildman–Crippen MR) is 121 cm³/mol. The van der Waals surface area contributed by atoms with Gasteiger partial charge in [-0.15, -0.1) is 0 Å². The summed E-state index contributed by atoms with van der Waals surface area (Å²) in [6, 6.07) is 2.75. The van der Waals surface area contributed by atoms with Gasteiger partial charge in [0.25, 0.3) is 0 Å². The van der Waals surface area contributed by atoms with Gasteiger partial charge < -0.3 is 0 Å². The molecule has 0 saturated heterocycles. The van der Waals surface area contributed by atoms with E-state index in [0.717, 1.165) is 11.4 Å². The highest BCUT2D eigenvalue weighted by Gasteiger charge is 2.45. The van der Waals surface area contributed by atoms with E-state index in [1.165, 1.54) is 6.07 Å². The zero-order valence-corrected chi connectivity index (χ0v) is 20.7. The molecule has 0 aromatic heterocycles. The van der Waals surface area contributed by atoms with E-state index in [-0.39, 0.29) is 27.2 Å². The van der Waals surface area contributed by atoms with Crippen molar-refractivity contribution in [2.24, 2.45) is 5.92 Å².